The van der Waals surface area contributed by atoms with E-state index in [1.165, 1.54) is 24.5 Å². The van der Waals surface area contributed by atoms with Crippen molar-refractivity contribution < 1.29 is 13.2 Å². The summed E-state index contributed by atoms with van der Waals surface area (Å²) in [5.41, 5.74) is 1.11. The fourth-order valence-electron chi connectivity index (χ4n) is 2.76. The zero-order chi connectivity index (χ0) is 18.9. The van der Waals surface area contributed by atoms with Gasteiger partial charge in [-0.1, -0.05) is 18.2 Å². The predicted molar refractivity (Wildman–Crippen MR) is 100.0 cm³/mol. The largest absolute Gasteiger partial charge is 0.268 e. The summed E-state index contributed by atoms with van der Waals surface area (Å²) in [6.45, 7) is 0. The molecule has 2 aromatic heterocycles. The first-order valence-electron chi connectivity index (χ1n) is 8.04. The van der Waals surface area contributed by atoms with Crippen molar-refractivity contribution in [3.05, 3.63) is 84.9 Å². The Kier molecular flexibility index (Phi) is 4.17. The molecule has 0 bridgehead atoms. The van der Waals surface area contributed by atoms with Crippen molar-refractivity contribution in [3.8, 4) is 5.69 Å². The quantitative estimate of drug-likeness (QED) is 0.589. The van der Waals surface area contributed by atoms with Crippen LogP contribution in [0.3, 0.4) is 0 Å². The predicted octanol–water partition coefficient (Wildman–Crippen LogP) is 2.54. The van der Waals surface area contributed by atoms with E-state index in [2.05, 4.69) is 14.8 Å². The average Bonchev–Trinajstić information content (AvgIpc) is 3.22. The maximum atomic E-state index is 12.5. The van der Waals surface area contributed by atoms with E-state index >= 15 is 0 Å². The molecule has 8 heteroatoms. The third-order valence-electron chi connectivity index (χ3n) is 4.04. The van der Waals surface area contributed by atoms with Gasteiger partial charge in [0.25, 0.3) is 15.9 Å². The number of carbonyl (C=O) groups is 1. The Morgan fingerprint density at radius 3 is 2.63 bits per heavy atom. The Labute approximate surface area is 155 Å². The number of benzene rings is 2. The van der Waals surface area contributed by atoms with E-state index in [9.17, 15) is 13.2 Å². The summed E-state index contributed by atoms with van der Waals surface area (Å²) in [4.78, 5) is 16.2. The molecule has 0 fully saturated rings. The standard InChI is InChI=1S/C19H14N4O3S/c24-19(22-27(25,26)16-5-2-9-20-13-16)15-7-8-17-14(12-15)4-1-6-18(17)23-11-3-10-21-23/h1-13H,(H,22,24). The van der Waals surface area contributed by atoms with Crippen molar-refractivity contribution in [1.29, 1.82) is 0 Å². The second-order valence-electron chi connectivity index (χ2n) is 5.79. The third-order valence-corrected chi connectivity index (χ3v) is 5.36. The lowest BCUT2D eigenvalue weighted by atomic mass is 10.1. The highest BCUT2D eigenvalue weighted by atomic mass is 32.2. The Morgan fingerprint density at radius 1 is 1.00 bits per heavy atom. The first-order valence-corrected chi connectivity index (χ1v) is 9.53. The van der Waals surface area contributed by atoms with Crippen LogP contribution in [0, 0.1) is 0 Å². The zero-order valence-corrected chi connectivity index (χ0v) is 14.8. The van der Waals surface area contributed by atoms with E-state index in [0.717, 1.165) is 16.5 Å². The summed E-state index contributed by atoms with van der Waals surface area (Å²) in [7, 11) is -3.98. The summed E-state index contributed by atoms with van der Waals surface area (Å²) < 4.78 is 28.4. The Hall–Kier alpha value is -3.52. The Morgan fingerprint density at radius 2 is 1.89 bits per heavy atom. The number of carbonyl (C=O) groups excluding carboxylic acids is 1. The van der Waals surface area contributed by atoms with E-state index in [1.807, 2.05) is 30.5 Å². The lowest BCUT2D eigenvalue weighted by molar-refractivity contribution is 0.0981. The van der Waals surface area contributed by atoms with Crippen molar-refractivity contribution in [3.63, 3.8) is 0 Å². The molecule has 4 aromatic rings. The van der Waals surface area contributed by atoms with Gasteiger partial charge in [0.15, 0.2) is 0 Å². The van der Waals surface area contributed by atoms with Crippen molar-refractivity contribution in [1.82, 2.24) is 19.5 Å². The monoisotopic (exact) mass is 378 g/mol. The Bertz CT molecular complexity index is 1220. The molecular formula is C19H14N4O3S. The minimum Gasteiger partial charge on any atom is -0.268 e. The molecular weight excluding hydrogens is 364 g/mol. The van der Waals surface area contributed by atoms with E-state index in [0.29, 0.717) is 0 Å². The molecule has 4 rings (SSSR count). The van der Waals surface area contributed by atoms with Gasteiger partial charge in [-0.05, 0) is 41.8 Å². The topological polar surface area (TPSA) is 94.0 Å². The first-order chi connectivity index (χ1) is 13.0. The molecule has 0 unspecified atom stereocenters. The summed E-state index contributed by atoms with van der Waals surface area (Å²) >= 11 is 0. The molecule has 0 aliphatic carbocycles. The molecule has 134 valence electrons. The number of hydrogen-bond donors (Lipinski definition) is 1. The minimum absolute atomic E-state index is 0.0693. The second-order valence-corrected chi connectivity index (χ2v) is 7.47. The van der Waals surface area contributed by atoms with Gasteiger partial charge in [0.2, 0.25) is 0 Å². The summed E-state index contributed by atoms with van der Waals surface area (Å²) in [5, 5.41) is 5.92. The molecule has 1 amide bonds. The van der Waals surface area contributed by atoms with Crippen molar-refractivity contribution >= 4 is 26.7 Å². The van der Waals surface area contributed by atoms with Crippen LogP contribution in [0.2, 0.25) is 0 Å². The van der Waals surface area contributed by atoms with Gasteiger partial charge in [-0.25, -0.2) is 17.8 Å². The lowest BCUT2D eigenvalue weighted by Gasteiger charge is -2.09. The molecule has 2 heterocycles. The summed E-state index contributed by atoms with van der Waals surface area (Å²) in [6.07, 6.45) is 6.16. The van der Waals surface area contributed by atoms with Crippen LogP contribution in [0.25, 0.3) is 16.5 Å². The molecule has 0 atom stereocenters. The molecule has 0 aliphatic heterocycles. The van der Waals surface area contributed by atoms with Gasteiger partial charge in [0.1, 0.15) is 4.90 Å². The fourth-order valence-corrected chi connectivity index (χ4v) is 3.70. The van der Waals surface area contributed by atoms with Gasteiger partial charge in [-0.15, -0.1) is 0 Å². The number of nitrogens with one attached hydrogen (secondary N) is 1. The number of aromatic nitrogens is 3. The number of nitrogens with zero attached hydrogens (tertiary/aromatic N) is 3. The van der Waals surface area contributed by atoms with Gasteiger partial charge in [-0.2, -0.15) is 5.10 Å². The number of fused-ring (bicyclic) bond motifs is 1. The number of sulfonamides is 1. The van der Waals surface area contributed by atoms with E-state index < -0.39 is 15.9 Å². The van der Waals surface area contributed by atoms with Crippen molar-refractivity contribution in [2.75, 3.05) is 0 Å². The second kappa shape index (κ2) is 6.65. The number of rotatable bonds is 4. The van der Waals surface area contributed by atoms with Gasteiger partial charge >= 0.3 is 0 Å². The normalized spacial score (nSPS) is 11.4. The maximum Gasteiger partial charge on any atom is 0.265 e. The average molecular weight is 378 g/mol. The summed E-state index contributed by atoms with van der Waals surface area (Å²) in [5.74, 6) is -0.703. The molecule has 7 nitrogen and oxygen atoms in total. The minimum atomic E-state index is -3.98. The molecule has 0 aliphatic rings. The molecule has 0 radical (unpaired) electrons. The zero-order valence-electron chi connectivity index (χ0n) is 14.0. The summed E-state index contributed by atoms with van der Waals surface area (Å²) in [6, 6.07) is 15.3. The van der Waals surface area contributed by atoms with E-state index in [-0.39, 0.29) is 10.5 Å². The molecule has 27 heavy (non-hydrogen) atoms. The van der Waals surface area contributed by atoms with E-state index in [1.54, 1.807) is 29.1 Å². The first kappa shape index (κ1) is 16.9. The number of hydrogen-bond acceptors (Lipinski definition) is 5. The molecule has 1 N–H and O–H groups in total. The van der Waals surface area contributed by atoms with Crippen LogP contribution in [-0.2, 0) is 10.0 Å². The molecule has 0 saturated carbocycles. The number of pyridine rings is 1. The van der Waals surface area contributed by atoms with Crippen LogP contribution in [0.15, 0.2) is 84.3 Å². The molecule has 0 saturated heterocycles. The highest BCUT2D eigenvalue weighted by Crippen LogP contribution is 2.23. The van der Waals surface area contributed by atoms with Gasteiger partial charge in [0, 0.05) is 35.7 Å². The van der Waals surface area contributed by atoms with Crippen LogP contribution in [0.5, 0.6) is 0 Å². The molecule has 0 spiro atoms. The SMILES string of the molecule is O=C(NS(=O)(=O)c1cccnc1)c1ccc2c(-n3cccn3)cccc2c1. The van der Waals surface area contributed by atoms with Gasteiger partial charge < -0.3 is 0 Å². The maximum absolute atomic E-state index is 12.5. The highest BCUT2D eigenvalue weighted by molar-refractivity contribution is 7.90. The van der Waals surface area contributed by atoms with Crippen LogP contribution in [0.4, 0.5) is 0 Å². The molecule has 2 aromatic carbocycles. The number of amides is 1. The van der Waals surface area contributed by atoms with Crippen LogP contribution in [-0.4, -0.2) is 29.1 Å². The van der Waals surface area contributed by atoms with Crippen LogP contribution in [0.1, 0.15) is 10.4 Å². The van der Waals surface area contributed by atoms with Crippen LogP contribution < -0.4 is 4.72 Å². The van der Waals surface area contributed by atoms with E-state index in [4.69, 9.17) is 0 Å². The Balaban J connectivity index is 1.68. The van der Waals surface area contributed by atoms with Crippen molar-refractivity contribution in [2.45, 2.75) is 4.90 Å². The third kappa shape index (κ3) is 3.30. The fraction of sp³-hybridized carbons (Fsp3) is 0. The van der Waals surface area contributed by atoms with Gasteiger partial charge in [0.05, 0.1) is 5.69 Å². The van der Waals surface area contributed by atoms with Gasteiger partial charge in [-0.3, -0.25) is 9.78 Å². The van der Waals surface area contributed by atoms with Crippen LogP contribution >= 0.6 is 0 Å². The lowest BCUT2D eigenvalue weighted by Crippen LogP contribution is -2.30. The van der Waals surface area contributed by atoms with Crippen molar-refractivity contribution in [2.24, 2.45) is 0 Å². The highest BCUT2D eigenvalue weighted by Gasteiger charge is 2.19. The smallest absolute Gasteiger partial charge is 0.265 e.